The molecule has 5 heteroatoms. The first kappa shape index (κ1) is 11.9. The Balaban J connectivity index is 2.41. The number of nitrogens with one attached hydrogen (secondary N) is 1. The zero-order valence-electron chi connectivity index (χ0n) is 9.64. The normalized spacial score (nSPS) is 10.1. The number of rotatable bonds is 3. The SMILES string of the molecule is CC(=O)Nc1cccc(-c2ccoc2C(=O)O)c1. The van der Waals surface area contributed by atoms with Crippen LogP contribution >= 0.6 is 0 Å². The molecule has 1 aromatic heterocycles. The lowest BCUT2D eigenvalue weighted by molar-refractivity contribution is -0.114. The van der Waals surface area contributed by atoms with Gasteiger partial charge in [0.1, 0.15) is 0 Å². The second-order valence-corrected chi connectivity index (χ2v) is 3.73. The zero-order valence-corrected chi connectivity index (χ0v) is 9.64. The third-order valence-electron chi connectivity index (χ3n) is 2.35. The highest BCUT2D eigenvalue weighted by Crippen LogP contribution is 2.27. The second kappa shape index (κ2) is 4.75. The molecule has 0 aliphatic rings. The van der Waals surface area contributed by atoms with Crippen molar-refractivity contribution in [3.05, 3.63) is 42.4 Å². The van der Waals surface area contributed by atoms with Crippen LogP contribution in [0.2, 0.25) is 0 Å². The summed E-state index contributed by atoms with van der Waals surface area (Å²) >= 11 is 0. The Morgan fingerprint density at radius 1 is 1.28 bits per heavy atom. The van der Waals surface area contributed by atoms with Crippen molar-refractivity contribution in [2.75, 3.05) is 5.32 Å². The van der Waals surface area contributed by atoms with Crippen molar-refractivity contribution in [1.82, 2.24) is 0 Å². The first-order valence-corrected chi connectivity index (χ1v) is 5.27. The monoisotopic (exact) mass is 245 g/mol. The van der Waals surface area contributed by atoms with Gasteiger partial charge in [-0.1, -0.05) is 12.1 Å². The summed E-state index contributed by atoms with van der Waals surface area (Å²) in [5.74, 6) is -1.42. The first-order chi connectivity index (χ1) is 8.58. The number of carboxylic acid groups (broad SMARTS) is 1. The molecule has 0 radical (unpaired) electrons. The third kappa shape index (κ3) is 2.40. The topological polar surface area (TPSA) is 79.5 Å². The van der Waals surface area contributed by atoms with E-state index in [0.29, 0.717) is 16.8 Å². The maximum atomic E-state index is 11.0. The predicted molar refractivity (Wildman–Crippen MR) is 65.4 cm³/mol. The number of aromatic carboxylic acids is 1. The molecular formula is C13H11NO4. The molecule has 0 aliphatic carbocycles. The maximum absolute atomic E-state index is 11.0. The van der Waals surface area contributed by atoms with Crippen molar-refractivity contribution >= 4 is 17.6 Å². The van der Waals surface area contributed by atoms with E-state index < -0.39 is 5.97 Å². The van der Waals surface area contributed by atoms with Crippen LogP contribution in [0.15, 0.2) is 41.0 Å². The van der Waals surface area contributed by atoms with Crippen LogP contribution in [0.25, 0.3) is 11.1 Å². The van der Waals surface area contributed by atoms with E-state index in [0.717, 1.165) is 0 Å². The first-order valence-electron chi connectivity index (χ1n) is 5.27. The van der Waals surface area contributed by atoms with Crippen LogP contribution < -0.4 is 5.32 Å². The second-order valence-electron chi connectivity index (χ2n) is 3.73. The Morgan fingerprint density at radius 2 is 2.06 bits per heavy atom. The highest BCUT2D eigenvalue weighted by atomic mass is 16.4. The van der Waals surface area contributed by atoms with Crippen LogP contribution in [-0.2, 0) is 4.79 Å². The average Bonchev–Trinajstić information content (AvgIpc) is 2.77. The Bertz CT molecular complexity index is 601. The Hall–Kier alpha value is -2.56. The summed E-state index contributed by atoms with van der Waals surface area (Å²) in [5, 5.41) is 11.6. The fourth-order valence-corrected chi connectivity index (χ4v) is 1.67. The Morgan fingerprint density at radius 3 is 2.72 bits per heavy atom. The molecule has 2 aromatic rings. The van der Waals surface area contributed by atoms with Crippen molar-refractivity contribution < 1.29 is 19.1 Å². The van der Waals surface area contributed by atoms with Crippen LogP contribution in [0.4, 0.5) is 5.69 Å². The van der Waals surface area contributed by atoms with Gasteiger partial charge in [-0.2, -0.15) is 0 Å². The number of carboxylic acids is 1. The number of anilines is 1. The van der Waals surface area contributed by atoms with Gasteiger partial charge in [-0.05, 0) is 23.8 Å². The molecule has 1 heterocycles. The van der Waals surface area contributed by atoms with Gasteiger partial charge in [0.25, 0.3) is 0 Å². The van der Waals surface area contributed by atoms with Crippen LogP contribution in [0.3, 0.4) is 0 Å². The minimum absolute atomic E-state index is 0.116. The maximum Gasteiger partial charge on any atom is 0.372 e. The number of carbonyl (C=O) groups is 2. The van der Waals surface area contributed by atoms with E-state index in [1.54, 1.807) is 30.3 Å². The van der Waals surface area contributed by atoms with Crippen molar-refractivity contribution in [1.29, 1.82) is 0 Å². The lowest BCUT2D eigenvalue weighted by Crippen LogP contribution is -2.05. The molecule has 0 bridgehead atoms. The molecule has 0 spiro atoms. The summed E-state index contributed by atoms with van der Waals surface area (Å²) in [6.07, 6.45) is 1.32. The van der Waals surface area contributed by atoms with E-state index in [2.05, 4.69) is 5.32 Å². The number of hydrogen-bond acceptors (Lipinski definition) is 3. The van der Waals surface area contributed by atoms with E-state index in [1.165, 1.54) is 13.2 Å². The molecule has 0 saturated heterocycles. The molecular weight excluding hydrogens is 234 g/mol. The molecule has 0 atom stereocenters. The molecule has 0 fully saturated rings. The fourth-order valence-electron chi connectivity index (χ4n) is 1.67. The quantitative estimate of drug-likeness (QED) is 0.871. The highest BCUT2D eigenvalue weighted by molar-refractivity contribution is 5.94. The minimum Gasteiger partial charge on any atom is -0.475 e. The van der Waals surface area contributed by atoms with Crippen molar-refractivity contribution in [2.24, 2.45) is 0 Å². The van der Waals surface area contributed by atoms with Gasteiger partial charge in [-0.3, -0.25) is 4.79 Å². The molecule has 0 aliphatic heterocycles. The van der Waals surface area contributed by atoms with Crippen LogP contribution in [0.1, 0.15) is 17.5 Å². The number of amides is 1. The van der Waals surface area contributed by atoms with Crippen LogP contribution in [0, 0.1) is 0 Å². The summed E-state index contributed by atoms with van der Waals surface area (Å²) in [6, 6.07) is 8.49. The Kier molecular flexibility index (Phi) is 3.14. The minimum atomic E-state index is -1.13. The fraction of sp³-hybridized carbons (Fsp3) is 0.0769. The number of hydrogen-bond donors (Lipinski definition) is 2. The van der Waals surface area contributed by atoms with Crippen molar-refractivity contribution in [2.45, 2.75) is 6.92 Å². The van der Waals surface area contributed by atoms with Gasteiger partial charge in [-0.15, -0.1) is 0 Å². The number of benzene rings is 1. The van der Waals surface area contributed by atoms with Gasteiger partial charge >= 0.3 is 5.97 Å². The largest absolute Gasteiger partial charge is 0.475 e. The van der Waals surface area contributed by atoms with E-state index in [-0.39, 0.29) is 11.7 Å². The van der Waals surface area contributed by atoms with Crippen LogP contribution in [-0.4, -0.2) is 17.0 Å². The van der Waals surface area contributed by atoms with Gasteiger partial charge in [0.2, 0.25) is 11.7 Å². The molecule has 1 amide bonds. The summed E-state index contributed by atoms with van der Waals surface area (Å²) in [6.45, 7) is 1.41. The highest BCUT2D eigenvalue weighted by Gasteiger charge is 2.15. The predicted octanol–water partition coefficient (Wildman–Crippen LogP) is 2.60. The van der Waals surface area contributed by atoms with Crippen molar-refractivity contribution in [3.63, 3.8) is 0 Å². The smallest absolute Gasteiger partial charge is 0.372 e. The van der Waals surface area contributed by atoms with Crippen molar-refractivity contribution in [3.8, 4) is 11.1 Å². The standard InChI is InChI=1S/C13H11NO4/c1-8(15)14-10-4-2-3-9(7-10)11-5-6-18-12(11)13(16)17/h2-7H,1H3,(H,14,15)(H,16,17). The van der Waals surface area contributed by atoms with Gasteiger partial charge in [0.15, 0.2) is 0 Å². The van der Waals surface area contributed by atoms with E-state index in [1.807, 2.05) is 0 Å². The van der Waals surface area contributed by atoms with Gasteiger partial charge in [0, 0.05) is 18.2 Å². The molecule has 2 N–H and O–H groups in total. The van der Waals surface area contributed by atoms with Gasteiger partial charge < -0.3 is 14.8 Å². The number of furan rings is 1. The molecule has 18 heavy (non-hydrogen) atoms. The third-order valence-corrected chi connectivity index (χ3v) is 2.35. The van der Waals surface area contributed by atoms with Gasteiger partial charge in [-0.25, -0.2) is 4.79 Å². The molecule has 92 valence electrons. The number of carbonyl (C=O) groups excluding carboxylic acids is 1. The Labute approximate surface area is 103 Å². The van der Waals surface area contributed by atoms with E-state index in [4.69, 9.17) is 9.52 Å². The average molecular weight is 245 g/mol. The van der Waals surface area contributed by atoms with E-state index >= 15 is 0 Å². The summed E-state index contributed by atoms with van der Waals surface area (Å²) in [4.78, 5) is 21.9. The molecule has 0 saturated carbocycles. The van der Waals surface area contributed by atoms with Gasteiger partial charge in [0.05, 0.1) is 6.26 Å². The summed E-state index contributed by atoms with van der Waals surface area (Å²) in [5.41, 5.74) is 1.76. The lowest BCUT2D eigenvalue weighted by Gasteiger charge is -2.04. The molecule has 1 aromatic carbocycles. The summed E-state index contributed by atoms with van der Waals surface area (Å²) in [7, 11) is 0. The lowest BCUT2D eigenvalue weighted by atomic mass is 10.1. The van der Waals surface area contributed by atoms with Crippen LogP contribution in [0.5, 0.6) is 0 Å². The zero-order chi connectivity index (χ0) is 13.1. The summed E-state index contributed by atoms with van der Waals surface area (Å²) < 4.78 is 4.91. The van der Waals surface area contributed by atoms with E-state index in [9.17, 15) is 9.59 Å². The molecule has 2 rings (SSSR count). The molecule has 0 unspecified atom stereocenters. The molecule has 5 nitrogen and oxygen atoms in total.